The van der Waals surface area contributed by atoms with E-state index in [2.05, 4.69) is 0 Å². The van der Waals surface area contributed by atoms with Gasteiger partial charge in [0.05, 0.1) is 0 Å². The summed E-state index contributed by atoms with van der Waals surface area (Å²) in [6, 6.07) is 7.37. The fourth-order valence-electron chi connectivity index (χ4n) is 2.07. The summed E-state index contributed by atoms with van der Waals surface area (Å²) in [4.78, 5) is 12.0. The minimum Gasteiger partial charge on any atom is -0.508 e. The van der Waals surface area contributed by atoms with Crippen molar-refractivity contribution in [1.29, 1.82) is 0 Å². The number of hydrogen-bond donors (Lipinski definition) is 4. The van der Waals surface area contributed by atoms with Crippen LogP contribution in [-0.4, -0.2) is 20.4 Å². The van der Waals surface area contributed by atoms with E-state index in [1.54, 1.807) is 0 Å². The van der Waals surface area contributed by atoms with Crippen molar-refractivity contribution in [3.05, 3.63) is 46.6 Å². The van der Waals surface area contributed by atoms with Gasteiger partial charge in [0, 0.05) is 23.8 Å². The van der Waals surface area contributed by atoms with Gasteiger partial charge in [-0.15, -0.1) is 0 Å². The van der Waals surface area contributed by atoms with Crippen LogP contribution >= 0.6 is 0 Å². The fraction of sp³-hybridized carbons (Fsp3) is 0. The predicted octanol–water partition coefficient (Wildman–Crippen LogP) is 2.28. The molecular weight excluding hydrogens is 342 g/mol. The standard InChI is InChI=1S/C15H10O6.Zn/c16-8-4-11(19)15-12(20)6-13(21-14(15)5-8)7-1-2-9(17)10(18)3-7;/h1-6,16-19H;/q;+2. The summed E-state index contributed by atoms with van der Waals surface area (Å²) in [6.07, 6.45) is 0. The minimum absolute atomic E-state index is 0. The van der Waals surface area contributed by atoms with Crippen LogP contribution < -0.4 is 5.43 Å². The van der Waals surface area contributed by atoms with Crippen LogP contribution in [0.4, 0.5) is 0 Å². The van der Waals surface area contributed by atoms with E-state index in [0.717, 1.165) is 12.1 Å². The number of benzene rings is 2. The van der Waals surface area contributed by atoms with Gasteiger partial charge in [0.25, 0.3) is 0 Å². The molecule has 0 unspecified atom stereocenters. The number of hydrogen-bond acceptors (Lipinski definition) is 6. The molecule has 3 rings (SSSR count). The van der Waals surface area contributed by atoms with E-state index in [-0.39, 0.29) is 59.2 Å². The molecule has 6 nitrogen and oxygen atoms in total. The first-order chi connectivity index (χ1) is 9.95. The summed E-state index contributed by atoms with van der Waals surface area (Å²) in [5, 5.41) is 37.9. The molecule has 0 amide bonds. The molecule has 0 spiro atoms. The van der Waals surface area contributed by atoms with Crippen LogP contribution in [0.1, 0.15) is 0 Å². The third kappa shape index (κ3) is 2.63. The van der Waals surface area contributed by atoms with Gasteiger partial charge in [-0.1, -0.05) is 0 Å². The summed E-state index contributed by atoms with van der Waals surface area (Å²) >= 11 is 0. The molecule has 3 aromatic rings. The topological polar surface area (TPSA) is 111 Å². The average molecular weight is 352 g/mol. The van der Waals surface area contributed by atoms with Crippen molar-refractivity contribution in [3.8, 4) is 34.3 Å². The molecule has 1 aromatic heterocycles. The Morgan fingerprint density at radius 2 is 1.55 bits per heavy atom. The smallest absolute Gasteiger partial charge is 0.508 e. The zero-order valence-electron chi connectivity index (χ0n) is 11.3. The van der Waals surface area contributed by atoms with Crippen LogP contribution in [-0.2, 0) is 19.5 Å². The molecule has 0 aliphatic heterocycles. The van der Waals surface area contributed by atoms with Crippen molar-refractivity contribution in [1.82, 2.24) is 0 Å². The maximum absolute atomic E-state index is 12.0. The van der Waals surface area contributed by atoms with Crippen LogP contribution in [0, 0.1) is 0 Å². The van der Waals surface area contributed by atoms with E-state index in [4.69, 9.17) is 4.42 Å². The molecule has 0 saturated carbocycles. The second-order valence-corrected chi connectivity index (χ2v) is 4.52. The monoisotopic (exact) mass is 350 g/mol. The SMILES string of the molecule is O=c1cc(-c2ccc(O)c(O)c2)oc2cc(O)cc(O)c12.[Zn+2]. The van der Waals surface area contributed by atoms with Gasteiger partial charge in [-0.25, -0.2) is 0 Å². The summed E-state index contributed by atoms with van der Waals surface area (Å²) in [5.41, 5.74) is -0.106. The van der Waals surface area contributed by atoms with E-state index in [0.29, 0.717) is 5.56 Å². The third-order valence-electron chi connectivity index (χ3n) is 3.05. The van der Waals surface area contributed by atoms with Crippen LogP contribution in [0.2, 0.25) is 0 Å². The van der Waals surface area contributed by atoms with Crippen molar-refractivity contribution >= 4 is 11.0 Å². The van der Waals surface area contributed by atoms with E-state index < -0.39 is 5.43 Å². The Balaban J connectivity index is 0.00000176. The van der Waals surface area contributed by atoms with Gasteiger partial charge >= 0.3 is 19.5 Å². The van der Waals surface area contributed by atoms with Gasteiger partial charge in [-0.2, -0.15) is 0 Å². The molecule has 4 N–H and O–H groups in total. The Morgan fingerprint density at radius 3 is 2.23 bits per heavy atom. The zero-order chi connectivity index (χ0) is 15.1. The van der Waals surface area contributed by atoms with Crippen LogP contribution in [0.15, 0.2) is 45.6 Å². The molecule has 22 heavy (non-hydrogen) atoms. The first-order valence-corrected chi connectivity index (χ1v) is 5.98. The van der Waals surface area contributed by atoms with Crippen LogP contribution in [0.3, 0.4) is 0 Å². The van der Waals surface area contributed by atoms with Gasteiger partial charge < -0.3 is 24.8 Å². The first kappa shape index (κ1) is 15.9. The maximum atomic E-state index is 12.0. The molecule has 0 fully saturated rings. The number of rotatable bonds is 1. The largest absolute Gasteiger partial charge is 2.00 e. The third-order valence-corrected chi connectivity index (χ3v) is 3.05. The van der Waals surface area contributed by atoms with Gasteiger partial charge in [0.1, 0.15) is 28.2 Å². The van der Waals surface area contributed by atoms with Crippen molar-refractivity contribution in [2.24, 2.45) is 0 Å². The Bertz CT molecular complexity index is 916. The van der Waals surface area contributed by atoms with Gasteiger partial charge in [0.2, 0.25) is 0 Å². The summed E-state index contributed by atoms with van der Waals surface area (Å²) in [5.74, 6) is -1.13. The van der Waals surface area contributed by atoms with Crippen molar-refractivity contribution in [2.75, 3.05) is 0 Å². The average Bonchev–Trinajstić information content (AvgIpc) is 2.40. The van der Waals surface area contributed by atoms with Gasteiger partial charge in [0.15, 0.2) is 16.9 Å². The Hall–Kier alpha value is -2.53. The Morgan fingerprint density at radius 1 is 0.818 bits per heavy atom. The summed E-state index contributed by atoms with van der Waals surface area (Å²) in [6.45, 7) is 0. The second-order valence-electron chi connectivity index (χ2n) is 4.52. The number of phenols is 4. The molecule has 2 aromatic carbocycles. The molecule has 0 bridgehead atoms. The van der Waals surface area contributed by atoms with Crippen LogP contribution in [0.5, 0.6) is 23.0 Å². The molecule has 0 aliphatic rings. The number of fused-ring (bicyclic) bond motifs is 1. The Labute approximate surface area is 136 Å². The molecule has 7 heteroatoms. The normalized spacial score (nSPS) is 10.4. The van der Waals surface area contributed by atoms with E-state index >= 15 is 0 Å². The van der Waals surface area contributed by atoms with E-state index in [1.807, 2.05) is 0 Å². The number of aromatic hydroxyl groups is 4. The molecular formula is C15H10O6Zn+2. The molecule has 0 aliphatic carbocycles. The molecule has 106 valence electrons. The molecule has 0 atom stereocenters. The summed E-state index contributed by atoms with van der Waals surface area (Å²) < 4.78 is 5.47. The van der Waals surface area contributed by atoms with E-state index in [9.17, 15) is 25.2 Å². The molecule has 0 radical (unpaired) electrons. The van der Waals surface area contributed by atoms with Gasteiger partial charge in [-0.05, 0) is 18.2 Å². The second kappa shape index (κ2) is 5.69. The molecule has 1 heterocycles. The fourth-order valence-corrected chi connectivity index (χ4v) is 2.07. The van der Waals surface area contributed by atoms with Gasteiger partial charge in [-0.3, -0.25) is 4.79 Å². The Kier molecular flexibility index (Phi) is 4.10. The summed E-state index contributed by atoms with van der Waals surface area (Å²) in [7, 11) is 0. The quantitative estimate of drug-likeness (QED) is 0.395. The first-order valence-electron chi connectivity index (χ1n) is 5.98. The molecule has 0 saturated heterocycles. The predicted molar refractivity (Wildman–Crippen MR) is 74.6 cm³/mol. The zero-order valence-corrected chi connectivity index (χ0v) is 14.2. The number of phenolic OH excluding ortho intramolecular Hbond substituents is 4. The maximum Gasteiger partial charge on any atom is 2.00 e. The van der Waals surface area contributed by atoms with Crippen molar-refractivity contribution in [3.63, 3.8) is 0 Å². The van der Waals surface area contributed by atoms with Crippen molar-refractivity contribution in [2.45, 2.75) is 0 Å². The van der Waals surface area contributed by atoms with Crippen LogP contribution in [0.25, 0.3) is 22.3 Å². The van der Waals surface area contributed by atoms with E-state index in [1.165, 1.54) is 24.3 Å². The van der Waals surface area contributed by atoms with Crippen molar-refractivity contribution < 1.29 is 44.3 Å². The minimum atomic E-state index is -0.490.